The van der Waals surface area contributed by atoms with Crippen molar-refractivity contribution in [2.24, 2.45) is 0 Å². The Hall–Kier alpha value is -1.73. The molecule has 0 heterocycles. The Morgan fingerprint density at radius 3 is 2.94 bits per heavy atom. The SMILES string of the molecule is CCCN(CC#N)C(=O)COc1cccc(Cl)c1. The lowest BCUT2D eigenvalue weighted by Crippen LogP contribution is -2.35. The van der Waals surface area contributed by atoms with Gasteiger partial charge in [0.2, 0.25) is 0 Å². The Morgan fingerprint density at radius 2 is 2.33 bits per heavy atom. The molecule has 0 bridgehead atoms. The average Bonchev–Trinajstić information content (AvgIpc) is 2.36. The second kappa shape index (κ2) is 7.57. The molecule has 0 radical (unpaired) electrons. The molecule has 1 aromatic carbocycles. The van der Waals surface area contributed by atoms with Crippen LogP contribution in [0.3, 0.4) is 0 Å². The van der Waals surface area contributed by atoms with Gasteiger partial charge in [0.15, 0.2) is 6.61 Å². The van der Waals surface area contributed by atoms with E-state index in [1.807, 2.05) is 13.0 Å². The molecular weight excluding hydrogens is 252 g/mol. The number of ether oxygens (including phenoxy) is 1. The third-order valence-electron chi connectivity index (χ3n) is 2.27. The molecule has 96 valence electrons. The minimum absolute atomic E-state index is 0.0813. The maximum atomic E-state index is 11.8. The summed E-state index contributed by atoms with van der Waals surface area (Å²) in [5, 5.41) is 9.19. The first kappa shape index (κ1) is 14.3. The van der Waals surface area contributed by atoms with Gasteiger partial charge in [0.1, 0.15) is 12.3 Å². The van der Waals surface area contributed by atoms with E-state index in [1.165, 1.54) is 4.90 Å². The Bertz CT molecular complexity index is 443. The standard InChI is InChI=1S/C13H15ClN2O2/c1-2-7-16(8-6-15)13(17)10-18-12-5-3-4-11(14)9-12/h3-5,9H,2,7-8,10H2,1H3. The quantitative estimate of drug-likeness (QED) is 0.744. The van der Waals surface area contributed by atoms with Crippen molar-refractivity contribution in [2.45, 2.75) is 13.3 Å². The highest BCUT2D eigenvalue weighted by molar-refractivity contribution is 6.30. The highest BCUT2D eigenvalue weighted by Gasteiger charge is 2.12. The lowest BCUT2D eigenvalue weighted by atomic mass is 10.3. The predicted octanol–water partition coefficient (Wildman–Crippen LogP) is 2.48. The minimum atomic E-state index is -0.196. The molecule has 0 fully saturated rings. The summed E-state index contributed by atoms with van der Waals surface area (Å²) >= 11 is 5.80. The number of nitriles is 1. The fourth-order valence-electron chi connectivity index (χ4n) is 1.44. The van der Waals surface area contributed by atoms with Gasteiger partial charge >= 0.3 is 0 Å². The van der Waals surface area contributed by atoms with E-state index in [-0.39, 0.29) is 19.1 Å². The van der Waals surface area contributed by atoms with Crippen LogP contribution in [0.25, 0.3) is 0 Å². The third kappa shape index (κ3) is 4.64. The molecule has 0 aliphatic rings. The van der Waals surface area contributed by atoms with Gasteiger partial charge in [-0.1, -0.05) is 24.6 Å². The Morgan fingerprint density at radius 1 is 1.56 bits per heavy atom. The summed E-state index contributed by atoms with van der Waals surface area (Å²) in [6, 6.07) is 8.82. The number of halogens is 1. The van der Waals surface area contributed by atoms with Crippen molar-refractivity contribution in [1.82, 2.24) is 4.90 Å². The second-order valence-corrected chi connectivity index (χ2v) is 4.16. The summed E-state index contributed by atoms with van der Waals surface area (Å²) in [5.41, 5.74) is 0. The van der Waals surface area contributed by atoms with Crippen molar-refractivity contribution in [3.05, 3.63) is 29.3 Å². The van der Waals surface area contributed by atoms with Crippen molar-refractivity contribution < 1.29 is 9.53 Å². The summed E-state index contributed by atoms with van der Waals surface area (Å²) in [5.74, 6) is 0.350. The molecule has 0 N–H and O–H groups in total. The van der Waals surface area contributed by atoms with E-state index in [9.17, 15) is 4.79 Å². The van der Waals surface area contributed by atoms with Crippen LogP contribution in [0.4, 0.5) is 0 Å². The molecule has 1 rings (SSSR count). The number of carbonyl (C=O) groups is 1. The zero-order valence-electron chi connectivity index (χ0n) is 10.2. The molecule has 0 aliphatic heterocycles. The molecule has 1 amide bonds. The molecule has 4 nitrogen and oxygen atoms in total. The number of nitrogens with zero attached hydrogens (tertiary/aromatic N) is 2. The fraction of sp³-hybridized carbons (Fsp3) is 0.385. The summed E-state index contributed by atoms with van der Waals surface area (Å²) in [4.78, 5) is 13.3. The maximum absolute atomic E-state index is 11.8. The van der Waals surface area contributed by atoms with Crippen LogP contribution < -0.4 is 4.74 Å². The van der Waals surface area contributed by atoms with Crippen molar-refractivity contribution in [3.8, 4) is 11.8 Å². The van der Waals surface area contributed by atoms with Crippen LogP contribution in [-0.2, 0) is 4.79 Å². The van der Waals surface area contributed by atoms with Gasteiger partial charge in [-0.15, -0.1) is 0 Å². The monoisotopic (exact) mass is 266 g/mol. The predicted molar refractivity (Wildman–Crippen MR) is 69.4 cm³/mol. The molecule has 18 heavy (non-hydrogen) atoms. The molecule has 1 aromatic rings. The molecular formula is C13H15ClN2O2. The molecule has 0 spiro atoms. The van der Waals surface area contributed by atoms with Gasteiger partial charge in [0.05, 0.1) is 6.07 Å². The molecule has 0 aromatic heterocycles. The van der Waals surface area contributed by atoms with Crippen LogP contribution in [-0.4, -0.2) is 30.5 Å². The van der Waals surface area contributed by atoms with Gasteiger partial charge in [-0.2, -0.15) is 5.26 Å². The zero-order chi connectivity index (χ0) is 13.4. The van der Waals surface area contributed by atoms with E-state index >= 15 is 0 Å². The maximum Gasteiger partial charge on any atom is 0.261 e. The highest BCUT2D eigenvalue weighted by Crippen LogP contribution is 2.17. The number of benzene rings is 1. The average molecular weight is 267 g/mol. The Balaban J connectivity index is 2.51. The van der Waals surface area contributed by atoms with E-state index in [0.717, 1.165) is 6.42 Å². The van der Waals surface area contributed by atoms with Crippen LogP contribution in [0.1, 0.15) is 13.3 Å². The summed E-state index contributed by atoms with van der Waals surface area (Å²) in [6.45, 7) is 2.52. The van der Waals surface area contributed by atoms with Crippen LogP contribution in [0, 0.1) is 11.3 Å². The van der Waals surface area contributed by atoms with Crippen LogP contribution >= 0.6 is 11.6 Å². The highest BCUT2D eigenvalue weighted by atomic mass is 35.5. The fourth-order valence-corrected chi connectivity index (χ4v) is 1.62. The van der Waals surface area contributed by atoms with Crippen molar-refractivity contribution in [2.75, 3.05) is 19.7 Å². The van der Waals surface area contributed by atoms with E-state index in [0.29, 0.717) is 17.3 Å². The van der Waals surface area contributed by atoms with Gasteiger partial charge in [-0.3, -0.25) is 4.79 Å². The van der Waals surface area contributed by atoms with E-state index in [2.05, 4.69) is 0 Å². The summed E-state index contributed by atoms with van der Waals surface area (Å²) < 4.78 is 5.34. The molecule has 0 aliphatic carbocycles. The third-order valence-corrected chi connectivity index (χ3v) is 2.50. The van der Waals surface area contributed by atoms with E-state index in [4.69, 9.17) is 21.6 Å². The molecule has 0 atom stereocenters. The smallest absolute Gasteiger partial charge is 0.261 e. The van der Waals surface area contributed by atoms with Gasteiger partial charge in [0, 0.05) is 11.6 Å². The van der Waals surface area contributed by atoms with Crippen LogP contribution in [0.15, 0.2) is 24.3 Å². The Kier molecular flexibility index (Phi) is 6.03. The largest absolute Gasteiger partial charge is 0.484 e. The van der Waals surface area contributed by atoms with Gasteiger partial charge < -0.3 is 9.64 Å². The summed E-state index contributed by atoms with van der Waals surface area (Å²) in [6.07, 6.45) is 0.810. The Labute approximate surface area is 112 Å². The zero-order valence-corrected chi connectivity index (χ0v) is 11.0. The lowest BCUT2D eigenvalue weighted by Gasteiger charge is -2.18. The first-order valence-corrected chi connectivity index (χ1v) is 6.08. The first-order valence-electron chi connectivity index (χ1n) is 5.70. The van der Waals surface area contributed by atoms with Crippen LogP contribution in [0.5, 0.6) is 5.75 Å². The minimum Gasteiger partial charge on any atom is -0.484 e. The lowest BCUT2D eigenvalue weighted by molar-refractivity contribution is -0.132. The number of rotatable bonds is 6. The van der Waals surface area contributed by atoms with Gasteiger partial charge in [-0.25, -0.2) is 0 Å². The molecule has 0 saturated heterocycles. The first-order chi connectivity index (χ1) is 8.67. The van der Waals surface area contributed by atoms with E-state index in [1.54, 1.807) is 24.3 Å². The van der Waals surface area contributed by atoms with Gasteiger partial charge in [-0.05, 0) is 24.6 Å². The van der Waals surface area contributed by atoms with Crippen LogP contribution in [0.2, 0.25) is 5.02 Å². The normalized spacial score (nSPS) is 9.61. The second-order valence-electron chi connectivity index (χ2n) is 3.72. The van der Waals surface area contributed by atoms with Crippen molar-refractivity contribution in [1.29, 1.82) is 5.26 Å². The van der Waals surface area contributed by atoms with Gasteiger partial charge in [0.25, 0.3) is 5.91 Å². The molecule has 5 heteroatoms. The van der Waals surface area contributed by atoms with Crippen molar-refractivity contribution in [3.63, 3.8) is 0 Å². The number of hydrogen-bond donors (Lipinski definition) is 0. The number of hydrogen-bond acceptors (Lipinski definition) is 3. The van der Waals surface area contributed by atoms with Crippen molar-refractivity contribution >= 4 is 17.5 Å². The topological polar surface area (TPSA) is 53.3 Å². The summed E-state index contributed by atoms with van der Waals surface area (Å²) in [7, 11) is 0. The number of carbonyl (C=O) groups excluding carboxylic acids is 1. The number of amides is 1. The van der Waals surface area contributed by atoms with E-state index < -0.39 is 0 Å². The molecule has 0 unspecified atom stereocenters. The molecule has 0 saturated carbocycles.